The fourth-order valence-electron chi connectivity index (χ4n) is 1.20. The number of nitrogens with zero attached hydrogens (tertiary/aromatic N) is 1. The Kier molecular flexibility index (Phi) is 3.26. The standard InChI is InChI=1S/C10H15NO2S/c1-8(2)9-4-5-11-10(6-9)7-14(3,12)13/h4-6,8H,7H2,1-3H3. The van der Waals surface area contributed by atoms with Crippen LogP contribution in [-0.2, 0) is 15.6 Å². The lowest BCUT2D eigenvalue weighted by atomic mass is 10.0. The predicted molar refractivity (Wildman–Crippen MR) is 56.9 cm³/mol. The van der Waals surface area contributed by atoms with Gasteiger partial charge in [0.2, 0.25) is 0 Å². The van der Waals surface area contributed by atoms with E-state index < -0.39 is 9.84 Å². The maximum atomic E-state index is 11.0. The van der Waals surface area contributed by atoms with Gasteiger partial charge in [0.15, 0.2) is 9.84 Å². The monoisotopic (exact) mass is 213 g/mol. The van der Waals surface area contributed by atoms with Crippen LogP contribution in [0.5, 0.6) is 0 Å². The molecular weight excluding hydrogens is 198 g/mol. The van der Waals surface area contributed by atoms with Crippen molar-refractivity contribution in [2.45, 2.75) is 25.5 Å². The van der Waals surface area contributed by atoms with Gasteiger partial charge < -0.3 is 0 Å². The normalized spacial score (nSPS) is 12.0. The lowest BCUT2D eigenvalue weighted by Crippen LogP contribution is -2.03. The van der Waals surface area contributed by atoms with E-state index in [1.165, 1.54) is 6.26 Å². The minimum absolute atomic E-state index is 0.0214. The third kappa shape index (κ3) is 3.46. The first kappa shape index (κ1) is 11.2. The number of sulfone groups is 1. The summed E-state index contributed by atoms with van der Waals surface area (Å²) >= 11 is 0. The summed E-state index contributed by atoms with van der Waals surface area (Å²) < 4.78 is 22.1. The zero-order chi connectivity index (χ0) is 10.8. The van der Waals surface area contributed by atoms with E-state index in [4.69, 9.17) is 0 Å². The summed E-state index contributed by atoms with van der Waals surface area (Å²) in [5.41, 5.74) is 1.75. The highest BCUT2D eigenvalue weighted by molar-refractivity contribution is 7.89. The van der Waals surface area contributed by atoms with E-state index in [0.29, 0.717) is 11.6 Å². The second-order valence-electron chi connectivity index (χ2n) is 3.81. The van der Waals surface area contributed by atoms with E-state index in [9.17, 15) is 8.42 Å². The van der Waals surface area contributed by atoms with E-state index in [0.717, 1.165) is 5.56 Å². The third-order valence-electron chi connectivity index (χ3n) is 1.92. The summed E-state index contributed by atoms with van der Waals surface area (Å²) in [5.74, 6) is 0.421. The molecule has 0 atom stereocenters. The van der Waals surface area contributed by atoms with Crippen molar-refractivity contribution in [3.8, 4) is 0 Å². The molecule has 1 rings (SSSR count). The maximum Gasteiger partial charge on any atom is 0.153 e. The van der Waals surface area contributed by atoms with Crippen LogP contribution in [0.25, 0.3) is 0 Å². The van der Waals surface area contributed by atoms with Crippen LogP contribution < -0.4 is 0 Å². The largest absolute Gasteiger partial charge is 0.260 e. The fourth-order valence-corrected chi connectivity index (χ4v) is 1.90. The Morgan fingerprint density at radius 1 is 1.43 bits per heavy atom. The Morgan fingerprint density at radius 3 is 2.57 bits per heavy atom. The quantitative estimate of drug-likeness (QED) is 0.768. The Bertz CT molecular complexity index is 410. The lowest BCUT2D eigenvalue weighted by Gasteiger charge is -2.06. The molecule has 14 heavy (non-hydrogen) atoms. The molecule has 0 spiro atoms. The molecule has 0 amide bonds. The Morgan fingerprint density at radius 2 is 2.07 bits per heavy atom. The molecule has 0 saturated carbocycles. The number of aromatic nitrogens is 1. The van der Waals surface area contributed by atoms with Gasteiger partial charge in [0, 0.05) is 12.5 Å². The molecule has 0 aliphatic heterocycles. The topological polar surface area (TPSA) is 47.0 Å². The van der Waals surface area contributed by atoms with E-state index in [2.05, 4.69) is 18.8 Å². The molecule has 0 unspecified atom stereocenters. The molecule has 1 aromatic heterocycles. The Labute approximate surface area is 85.1 Å². The van der Waals surface area contributed by atoms with Crippen molar-refractivity contribution in [2.24, 2.45) is 0 Å². The molecule has 0 aromatic carbocycles. The van der Waals surface area contributed by atoms with Crippen LogP contribution in [0.4, 0.5) is 0 Å². The van der Waals surface area contributed by atoms with Gasteiger partial charge in [-0.3, -0.25) is 4.98 Å². The molecule has 0 N–H and O–H groups in total. The maximum absolute atomic E-state index is 11.0. The van der Waals surface area contributed by atoms with Gasteiger partial charge in [-0.25, -0.2) is 8.42 Å². The average Bonchev–Trinajstić information content (AvgIpc) is 2.01. The summed E-state index contributed by atoms with van der Waals surface area (Å²) in [6.07, 6.45) is 2.88. The van der Waals surface area contributed by atoms with E-state index in [-0.39, 0.29) is 5.75 Å². The van der Waals surface area contributed by atoms with Crippen molar-refractivity contribution in [1.82, 2.24) is 4.98 Å². The van der Waals surface area contributed by atoms with Crippen LogP contribution >= 0.6 is 0 Å². The Hall–Kier alpha value is -0.900. The van der Waals surface area contributed by atoms with Gasteiger partial charge in [0.25, 0.3) is 0 Å². The van der Waals surface area contributed by atoms with Crippen LogP contribution in [-0.4, -0.2) is 19.7 Å². The van der Waals surface area contributed by atoms with Crippen molar-refractivity contribution in [1.29, 1.82) is 0 Å². The molecule has 0 aliphatic carbocycles. The zero-order valence-electron chi connectivity index (χ0n) is 8.69. The number of hydrogen-bond acceptors (Lipinski definition) is 3. The fraction of sp³-hybridized carbons (Fsp3) is 0.500. The second-order valence-corrected chi connectivity index (χ2v) is 5.95. The SMILES string of the molecule is CC(C)c1ccnc(CS(C)(=O)=O)c1. The number of hydrogen-bond donors (Lipinski definition) is 0. The van der Waals surface area contributed by atoms with E-state index in [1.54, 1.807) is 6.20 Å². The van der Waals surface area contributed by atoms with Crippen LogP contribution in [0.2, 0.25) is 0 Å². The van der Waals surface area contributed by atoms with Crippen molar-refractivity contribution < 1.29 is 8.42 Å². The average molecular weight is 213 g/mol. The zero-order valence-corrected chi connectivity index (χ0v) is 9.50. The first-order valence-electron chi connectivity index (χ1n) is 4.51. The second kappa shape index (κ2) is 4.09. The van der Waals surface area contributed by atoms with Crippen molar-refractivity contribution >= 4 is 9.84 Å². The lowest BCUT2D eigenvalue weighted by molar-refractivity contribution is 0.600. The molecule has 0 bridgehead atoms. The minimum atomic E-state index is -2.98. The van der Waals surface area contributed by atoms with Gasteiger partial charge in [-0.05, 0) is 23.6 Å². The van der Waals surface area contributed by atoms with Gasteiger partial charge >= 0.3 is 0 Å². The van der Waals surface area contributed by atoms with Crippen LogP contribution in [0.15, 0.2) is 18.3 Å². The van der Waals surface area contributed by atoms with E-state index >= 15 is 0 Å². The molecule has 1 aromatic rings. The summed E-state index contributed by atoms with van der Waals surface area (Å²) in [6, 6.07) is 3.77. The first-order valence-corrected chi connectivity index (χ1v) is 6.57. The van der Waals surface area contributed by atoms with E-state index in [1.807, 2.05) is 12.1 Å². The molecular formula is C10H15NO2S. The molecule has 78 valence electrons. The molecule has 0 aliphatic rings. The third-order valence-corrected chi connectivity index (χ3v) is 2.74. The number of rotatable bonds is 3. The molecule has 4 heteroatoms. The van der Waals surface area contributed by atoms with Gasteiger partial charge in [0.05, 0.1) is 11.4 Å². The van der Waals surface area contributed by atoms with Gasteiger partial charge in [-0.2, -0.15) is 0 Å². The predicted octanol–water partition coefficient (Wildman–Crippen LogP) is 1.75. The van der Waals surface area contributed by atoms with Crippen molar-refractivity contribution in [3.63, 3.8) is 0 Å². The van der Waals surface area contributed by atoms with Crippen molar-refractivity contribution in [2.75, 3.05) is 6.26 Å². The van der Waals surface area contributed by atoms with Gasteiger partial charge in [-0.1, -0.05) is 13.8 Å². The highest BCUT2D eigenvalue weighted by Crippen LogP contribution is 2.14. The highest BCUT2D eigenvalue weighted by atomic mass is 32.2. The summed E-state index contributed by atoms with van der Waals surface area (Å²) in [4.78, 5) is 4.03. The summed E-state index contributed by atoms with van der Waals surface area (Å²) in [7, 11) is -2.98. The Balaban J connectivity index is 2.95. The van der Waals surface area contributed by atoms with Crippen LogP contribution in [0.1, 0.15) is 31.0 Å². The summed E-state index contributed by atoms with van der Waals surface area (Å²) in [5, 5.41) is 0. The highest BCUT2D eigenvalue weighted by Gasteiger charge is 2.07. The number of pyridine rings is 1. The molecule has 0 fully saturated rings. The molecule has 1 heterocycles. The first-order chi connectivity index (χ1) is 6.38. The van der Waals surface area contributed by atoms with Crippen LogP contribution in [0, 0.1) is 0 Å². The molecule has 0 saturated heterocycles. The molecule has 0 radical (unpaired) electrons. The summed E-state index contributed by atoms with van der Waals surface area (Å²) in [6.45, 7) is 4.14. The smallest absolute Gasteiger partial charge is 0.153 e. The van der Waals surface area contributed by atoms with Gasteiger partial charge in [-0.15, -0.1) is 0 Å². The molecule has 3 nitrogen and oxygen atoms in total. The van der Waals surface area contributed by atoms with Gasteiger partial charge in [0.1, 0.15) is 0 Å². The minimum Gasteiger partial charge on any atom is -0.260 e. The van der Waals surface area contributed by atoms with Crippen molar-refractivity contribution in [3.05, 3.63) is 29.6 Å². The van der Waals surface area contributed by atoms with Crippen LogP contribution in [0.3, 0.4) is 0 Å².